The number of nitrogens with one attached hydrogen (secondary N) is 2. The number of thioether (sulfide) groups is 1. The SMILES string of the molecule is CNCc1sccc1S(=O)(=O)NC1CCCCC1SC. The maximum atomic E-state index is 12.6. The lowest BCUT2D eigenvalue weighted by Crippen LogP contribution is -2.43. The lowest BCUT2D eigenvalue weighted by molar-refractivity contribution is 0.423. The van der Waals surface area contributed by atoms with Crippen molar-refractivity contribution >= 4 is 33.1 Å². The first-order valence-electron chi connectivity index (χ1n) is 6.84. The van der Waals surface area contributed by atoms with Gasteiger partial charge in [-0.2, -0.15) is 11.8 Å². The molecule has 0 aliphatic heterocycles. The number of hydrogen-bond acceptors (Lipinski definition) is 5. The molecular weight excluding hydrogens is 312 g/mol. The summed E-state index contributed by atoms with van der Waals surface area (Å²) < 4.78 is 28.1. The van der Waals surface area contributed by atoms with Crippen molar-refractivity contribution in [1.29, 1.82) is 0 Å². The van der Waals surface area contributed by atoms with Gasteiger partial charge in [-0.1, -0.05) is 12.8 Å². The predicted molar refractivity (Wildman–Crippen MR) is 87.0 cm³/mol. The fraction of sp³-hybridized carbons (Fsp3) is 0.692. The first-order valence-corrected chi connectivity index (χ1v) is 10.5. The molecule has 0 aromatic carbocycles. The Bertz CT molecular complexity index is 527. The van der Waals surface area contributed by atoms with E-state index in [-0.39, 0.29) is 6.04 Å². The van der Waals surface area contributed by atoms with Crippen LogP contribution in [0.4, 0.5) is 0 Å². The van der Waals surface area contributed by atoms with Crippen LogP contribution in [0.15, 0.2) is 16.3 Å². The third-order valence-corrected chi connectivity index (χ3v) is 7.44. The van der Waals surface area contributed by atoms with Crippen LogP contribution in [0.1, 0.15) is 30.6 Å². The van der Waals surface area contributed by atoms with E-state index in [0.29, 0.717) is 16.7 Å². The summed E-state index contributed by atoms with van der Waals surface area (Å²) in [5.41, 5.74) is 0. The van der Waals surface area contributed by atoms with Crippen LogP contribution in [0.3, 0.4) is 0 Å². The van der Waals surface area contributed by atoms with Crippen molar-refractivity contribution in [3.8, 4) is 0 Å². The highest BCUT2D eigenvalue weighted by molar-refractivity contribution is 7.99. The molecule has 20 heavy (non-hydrogen) atoms. The van der Waals surface area contributed by atoms with Crippen LogP contribution in [0, 0.1) is 0 Å². The van der Waals surface area contributed by atoms with Gasteiger partial charge >= 0.3 is 0 Å². The molecule has 1 fully saturated rings. The molecule has 7 heteroatoms. The molecule has 114 valence electrons. The van der Waals surface area contributed by atoms with Crippen molar-refractivity contribution in [2.24, 2.45) is 0 Å². The predicted octanol–water partition coefficient (Wildman–Crippen LogP) is 2.42. The molecule has 2 rings (SSSR count). The van der Waals surface area contributed by atoms with Gasteiger partial charge in [0, 0.05) is 22.7 Å². The Balaban J connectivity index is 2.15. The summed E-state index contributed by atoms with van der Waals surface area (Å²) in [7, 11) is -1.58. The van der Waals surface area contributed by atoms with Gasteiger partial charge in [-0.05, 0) is 37.6 Å². The zero-order valence-corrected chi connectivity index (χ0v) is 14.3. The third kappa shape index (κ3) is 3.76. The Labute approximate surface area is 129 Å². The van der Waals surface area contributed by atoms with Crippen molar-refractivity contribution < 1.29 is 8.42 Å². The summed E-state index contributed by atoms with van der Waals surface area (Å²) in [4.78, 5) is 1.30. The smallest absolute Gasteiger partial charge is 0.242 e. The Hall–Kier alpha value is -0.0800. The van der Waals surface area contributed by atoms with Crippen molar-refractivity contribution in [3.05, 3.63) is 16.3 Å². The van der Waals surface area contributed by atoms with Crippen LogP contribution >= 0.6 is 23.1 Å². The van der Waals surface area contributed by atoms with Gasteiger partial charge < -0.3 is 5.32 Å². The Morgan fingerprint density at radius 1 is 1.40 bits per heavy atom. The molecule has 2 unspecified atom stereocenters. The maximum Gasteiger partial charge on any atom is 0.242 e. The third-order valence-electron chi connectivity index (χ3n) is 3.64. The molecule has 1 aromatic heterocycles. The minimum absolute atomic E-state index is 0.0612. The topological polar surface area (TPSA) is 58.2 Å². The van der Waals surface area contributed by atoms with E-state index in [1.165, 1.54) is 17.8 Å². The van der Waals surface area contributed by atoms with Crippen LogP contribution in [0.5, 0.6) is 0 Å². The molecule has 4 nitrogen and oxygen atoms in total. The summed E-state index contributed by atoms with van der Waals surface area (Å²) >= 11 is 3.25. The van der Waals surface area contributed by atoms with Gasteiger partial charge in [0.1, 0.15) is 0 Å². The average Bonchev–Trinajstić information content (AvgIpc) is 2.88. The monoisotopic (exact) mass is 334 g/mol. The van der Waals surface area contributed by atoms with E-state index in [2.05, 4.69) is 16.3 Å². The minimum atomic E-state index is -3.41. The maximum absolute atomic E-state index is 12.6. The first kappa shape index (κ1) is 16.3. The molecule has 2 N–H and O–H groups in total. The summed E-state index contributed by atoms with van der Waals surface area (Å²) in [5.74, 6) is 0. The lowest BCUT2D eigenvalue weighted by atomic mass is 9.96. The molecule has 1 aliphatic carbocycles. The number of rotatable bonds is 6. The van der Waals surface area contributed by atoms with E-state index in [9.17, 15) is 8.42 Å². The highest BCUT2D eigenvalue weighted by atomic mass is 32.2. The molecule has 0 spiro atoms. The highest BCUT2D eigenvalue weighted by Gasteiger charge is 2.30. The molecule has 1 aromatic rings. The largest absolute Gasteiger partial charge is 0.315 e. The summed E-state index contributed by atoms with van der Waals surface area (Å²) in [6.07, 6.45) is 6.41. The van der Waals surface area contributed by atoms with E-state index in [1.807, 2.05) is 12.4 Å². The van der Waals surface area contributed by atoms with Crippen LogP contribution in [0.2, 0.25) is 0 Å². The molecule has 0 bridgehead atoms. The molecule has 1 aliphatic rings. The number of hydrogen-bond donors (Lipinski definition) is 2. The fourth-order valence-electron chi connectivity index (χ4n) is 2.63. The normalized spacial score (nSPS) is 23.9. The van der Waals surface area contributed by atoms with E-state index in [4.69, 9.17) is 0 Å². The fourth-order valence-corrected chi connectivity index (χ4v) is 6.42. The Morgan fingerprint density at radius 2 is 2.15 bits per heavy atom. The number of thiophene rings is 1. The first-order chi connectivity index (χ1) is 9.58. The average molecular weight is 335 g/mol. The second-order valence-electron chi connectivity index (χ2n) is 5.02. The van der Waals surface area contributed by atoms with Gasteiger partial charge in [-0.3, -0.25) is 0 Å². The zero-order chi connectivity index (χ0) is 14.6. The lowest BCUT2D eigenvalue weighted by Gasteiger charge is -2.30. The van der Waals surface area contributed by atoms with Crippen LogP contribution < -0.4 is 10.0 Å². The van der Waals surface area contributed by atoms with E-state index in [0.717, 1.165) is 24.1 Å². The van der Waals surface area contributed by atoms with Gasteiger partial charge in [0.15, 0.2) is 0 Å². The van der Waals surface area contributed by atoms with Gasteiger partial charge in [0.2, 0.25) is 10.0 Å². The standard InChI is InChI=1S/C13H22N2O2S3/c1-14-9-12-13(7-8-19-12)20(16,17)15-10-5-3-4-6-11(10)18-2/h7-8,10-11,14-15H,3-6,9H2,1-2H3. The minimum Gasteiger partial charge on any atom is -0.315 e. The summed E-state index contributed by atoms with van der Waals surface area (Å²) in [6, 6.07) is 1.77. The summed E-state index contributed by atoms with van der Waals surface area (Å²) in [6.45, 7) is 0.588. The Kier molecular flexibility index (Phi) is 5.92. The molecule has 1 saturated carbocycles. The van der Waals surface area contributed by atoms with Crippen LogP contribution in [0.25, 0.3) is 0 Å². The van der Waals surface area contributed by atoms with Crippen molar-refractivity contribution in [3.63, 3.8) is 0 Å². The van der Waals surface area contributed by atoms with E-state index < -0.39 is 10.0 Å². The zero-order valence-electron chi connectivity index (χ0n) is 11.9. The molecule has 1 heterocycles. The second kappa shape index (κ2) is 7.26. The van der Waals surface area contributed by atoms with Crippen LogP contribution in [-0.2, 0) is 16.6 Å². The van der Waals surface area contributed by atoms with Gasteiger partial charge in [-0.15, -0.1) is 11.3 Å². The van der Waals surface area contributed by atoms with Gasteiger partial charge in [0.05, 0.1) is 4.90 Å². The Morgan fingerprint density at radius 3 is 2.85 bits per heavy atom. The van der Waals surface area contributed by atoms with E-state index >= 15 is 0 Å². The highest BCUT2D eigenvalue weighted by Crippen LogP contribution is 2.29. The molecule has 0 saturated heterocycles. The van der Waals surface area contributed by atoms with Crippen molar-refractivity contribution in [2.45, 2.75) is 48.4 Å². The summed E-state index contributed by atoms with van der Waals surface area (Å²) in [5, 5.41) is 5.26. The quantitative estimate of drug-likeness (QED) is 0.839. The van der Waals surface area contributed by atoms with Gasteiger partial charge in [-0.25, -0.2) is 13.1 Å². The van der Waals surface area contributed by atoms with Crippen molar-refractivity contribution in [1.82, 2.24) is 10.0 Å². The molecular formula is C13H22N2O2S3. The van der Waals surface area contributed by atoms with E-state index in [1.54, 1.807) is 17.8 Å². The van der Waals surface area contributed by atoms with Gasteiger partial charge in [0.25, 0.3) is 0 Å². The second-order valence-corrected chi connectivity index (χ2v) is 8.78. The number of sulfonamides is 1. The molecule has 0 amide bonds. The molecule has 2 atom stereocenters. The van der Waals surface area contributed by atoms with Crippen molar-refractivity contribution in [2.75, 3.05) is 13.3 Å². The molecule has 0 radical (unpaired) electrons. The van der Waals surface area contributed by atoms with Crippen LogP contribution in [-0.4, -0.2) is 33.0 Å².